The van der Waals surface area contributed by atoms with E-state index in [0.717, 1.165) is 37.5 Å². The molecule has 3 heterocycles. The van der Waals surface area contributed by atoms with Gasteiger partial charge in [0.15, 0.2) is 5.03 Å². The van der Waals surface area contributed by atoms with Gasteiger partial charge in [0, 0.05) is 43.8 Å². The molecule has 0 spiro atoms. The number of hydrogen-bond acceptors (Lipinski definition) is 5. The number of nitrogens with zero attached hydrogens (tertiary/aromatic N) is 4. The third-order valence-corrected chi connectivity index (χ3v) is 7.69. The summed E-state index contributed by atoms with van der Waals surface area (Å²) in [7, 11) is -3.57. The first-order valence-electron chi connectivity index (χ1n) is 10.6. The van der Waals surface area contributed by atoms with E-state index in [1.54, 1.807) is 0 Å². The van der Waals surface area contributed by atoms with Crippen LogP contribution in [0, 0.1) is 5.92 Å². The predicted molar refractivity (Wildman–Crippen MR) is 116 cm³/mol. The van der Waals surface area contributed by atoms with Crippen LogP contribution in [0.4, 0.5) is 11.4 Å². The number of carbonyl (C=O) groups excluding carboxylic acids is 1. The average Bonchev–Trinajstić information content (AvgIpc) is 3.42. The first-order chi connectivity index (χ1) is 14.4. The van der Waals surface area contributed by atoms with Crippen molar-refractivity contribution in [3.63, 3.8) is 0 Å². The summed E-state index contributed by atoms with van der Waals surface area (Å²) in [6.07, 6.45) is 6.98. The molecule has 0 atom stereocenters. The third-order valence-electron chi connectivity index (χ3n) is 5.90. The number of anilines is 2. The molecule has 162 valence electrons. The van der Waals surface area contributed by atoms with Gasteiger partial charge < -0.3 is 14.8 Å². The van der Waals surface area contributed by atoms with Gasteiger partial charge >= 0.3 is 0 Å². The molecule has 8 nitrogen and oxygen atoms in total. The van der Waals surface area contributed by atoms with Crippen molar-refractivity contribution in [2.45, 2.75) is 44.2 Å². The average molecular weight is 432 g/mol. The Morgan fingerprint density at radius 3 is 2.43 bits per heavy atom. The van der Waals surface area contributed by atoms with Crippen molar-refractivity contribution in [2.24, 2.45) is 5.92 Å². The second-order valence-corrected chi connectivity index (χ2v) is 10.1. The number of hydrogen-bond donors (Lipinski definition) is 1. The molecular weight excluding hydrogens is 402 g/mol. The fourth-order valence-corrected chi connectivity index (χ4v) is 5.46. The third kappa shape index (κ3) is 4.67. The molecule has 2 saturated heterocycles. The van der Waals surface area contributed by atoms with E-state index in [1.807, 2.05) is 24.3 Å². The van der Waals surface area contributed by atoms with Gasteiger partial charge in [-0.15, -0.1) is 0 Å². The van der Waals surface area contributed by atoms with Crippen molar-refractivity contribution in [1.29, 1.82) is 0 Å². The van der Waals surface area contributed by atoms with Gasteiger partial charge in [-0.3, -0.25) is 4.79 Å². The SMILES string of the molecule is CC1CCN(c2ccc(NC(=O)Cn3cnc(S(=O)(=O)N4CCCC4)c3)cc2)CC1. The van der Waals surface area contributed by atoms with Crippen LogP contribution in [-0.2, 0) is 21.4 Å². The van der Waals surface area contributed by atoms with Gasteiger partial charge in [0.05, 0.1) is 6.33 Å². The maximum absolute atomic E-state index is 12.6. The highest BCUT2D eigenvalue weighted by atomic mass is 32.2. The van der Waals surface area contributed by atoms with Gasteiger partial charge in [0.25, 0.3) is 10.0 Å². The highest BCUT2D eigenvalue weighted by Crippen LogP contribution is 2.24. The van der Waals surface area contributed by atoms with Crippen molar-refractivity contribution in [3.05, 3.63) is 36.8 Å². The smallest absolute Gasteiger partial charge is 0.262 e. The Hall–Kier alpha value is -2.39. The Labute approximate surface area is 177 Å². The lowest BCUT2D eigenvalue weighted by Crippen LogP contribution is -2.32. The van der Waals surface area contributed by atoms with Crippen molar-refractivity contribution in [1.82, 2.24) is 13.9 Å². The molecule has 0 aliphatic carbocycles. The first-order valence-corrected chi connectivity index (χ1v) is 12.0. The van der Waals surface area contributed by atoms with Gasteiger partial charge in [0.2, 0.25) is 5.91 Å². The minimum Gasteiger partial charge on any atom is -0.372 e. The minimum absolute atomic E-state index is 0.00240. The fraction of sp³-hybridized carbons (Fsp3) is 0.524. The Morgan fingerprint density at radius 1 is 1.10 bits per heavy atom. The van der Waals surface area contributed by atoms with E-state index in [-0.39, 0.29) is 17.5 Å². The van der Waals surface area contributed by atoms with Gasteiger partial charge in [-0.1, -0.05) is 6.92 Å². The Kier molecular flexibility index (Phi) is 6.10. The lowest BCUT2D eigenvalue weighted by Gasteiger charge is -2.32. The highest BCUT2D eigenvalue weighted by Gasteiger charge is 2.29. The molecule has 1 aromatic carbocycles. The van der Waals surface area contributed by atoms with Crippen LogP contribution in [0.15, 0.2) is 41.8 Å². The van der Waals surface area contributed by atoms with Crippen LogP contribution >= 0.6 is 0 Å². The molecule has 9 heteroatoms. The molecule has 30 heavy (non-hydrogen) atoms. The van der Waals surface area contributed by atoms with Crippen molar-refractivity contribution >= 4 is 27.3 Å². The lowest BCUT2D eigenvalue weighted by molar-refractivity contribution is -0.116. The molecule has 0 bridgehead atoms. The van der Waals surface area contributed by atoms with Crippen LogP contribution in [0.3, 0.4) is 0 Å². The van der Waals surface area contributed by atoms with Crippen molar-refractivity contribution < 1.29 is 13.2 Å². The molecule has 1 aromatic heterocycles. The number of benzene rings is 1. The zero-order valence-corrected chi connectivity index (χ0v) is 18.1. The predicted octanol–water partition coefficient (Wildman–Crippen LogP) is 2.54. The maximum atomic E-state index is 12.6. The summed E-state index contributed by atoms with van der Waals surface area (Å²) in [5, 5.41) is 2.86. The van der Waals surface area contributed by atoms with Gasteiger partial charge in [0.1, 0.15) is 6.54 Å². The normalized spacial score (nSPS) is 18.6. The Morgan fingerprint density at radius 2 is 1.77 bits per heavy atom. The summed E-state index contributed by atoms with van der Waals surface area (Å²) in [6.45, 7) is 5.49. The van der Waals surface area contributed by atoms with E-state index in [0.29, 0.717) is 13.1 Å². The number of sulfonamides is 1. The van der Waals surface area contributed by atoms with Gasteiger partial charge in [-0.25, -0.2) is 13.4 Å². The largest absolute Gasteiger partial charge is 0.372 e. The number of carbonyl (C=O) groups is 1. The standard InChI is InChI=1S/C21H29N5O3S/c1-17-8-12-25(13-9-17)19-6-4-18(5-7-19)23-20(27)14-24-15-21(22-16-24)30(28,29)26-10-2-3-11-26/h4-7,15-17H,2-3,8-14H2,1H3,(H,23,27). The molecule has 2 aromatic rings. The second kappa shape index (κ2) is 8.77. The van der Waals surface area contributed by atoms with E-state index in [1.165, 1.54) is 39.9 Å². The Balaban J connectivity index is 1.33. The summed E-state index contributed by atoms with van der Waals surface area (Å²) < 4.78 is 28.1. The molecule has 0 radical (unpaired) electrons. The summed E-state index contributed by atoms with van der Waals surface area (Å²) in [4.78, 5) is 18.8. The molecule has 2 aliphatic rings. The first kappa shape index (κ1) is 20.9. The lowest BCUT2D eigenvalue weighted by atomic mass is 9.99. The van der Waals surface area contributed by atoms with E-state index in [4.69, 9.17) is 0 Å². The Bertz CT molecular complexity index is 972. The monoisotopic (exact) mass is 431 g/mol. The van der Waals surface area contributed by atoms with E-state index in [2.05, 4.69) is 22.1 Å². The highest BCUT2D eigenvalue weighted by molar-refractivity contribution is 7.89. The minimum atomic E-state index is -3.57. The van der Waals surface area contributed by atoms with Gasteiger partial charge in [-0.05, 0) is 55.9 Å². The molecule has 1 amide bonds. The molecule has 2 fully saturated rings. The number of nitrogens with one attached hydrogen (secondary N) is 1. The van der Waals surface area contributed by atoms with Gasteiger partial charge in [-0.2, -0.15) is 4.31 Å². The summed E-state index contributed by atoms with van der Waals surface area (Å²) in [5.41, 5.74) is 1.89. The van der Waals surface area contributed by atoms with E-state index in [9.17, 15) is 13.2 Å². The van der Waals surface area contributed by atoms with Crippen molar-refractivity contribution in [2.75, 3.05) is 36.4 Å². The maximum Gasteiger partial charge on any atom is 0.262 e. The molecule has 1 N–H and O–H groups in total. The summed E-state index contributed by atoms with van der Waals surface area (Å²) >= 11 is 0. The van der Waals surface area contributed by atoms with Crippen LogP contribution < -0.4 is 10.2 Å². The second-order valence-electron chi connectivity index (χ2n) is 8.26. The molecule has 2 aliphatic heterocycles. The van der Waals surface area contributed by atoms with Crippen LogP contribution in [-0.4, -0.2) is 54.4 Å². The zero-order chi connectivity index (χ0) is 21.1. The topological polar surface area (TPSA) is 87.5 Å². The molecule has 0 unspecified atom stereocenters. The fourth-order valence-electron chi connectivity index (χ4n) is 4.01. The van der Waals surface area contributed by atoms with Crippen LogP contribution in [0.1, 0.15) is 32.6 Å². The van der Waals surface area contributed by atoms with Crippen LogP contribution in [0.25, 0.3) is 0 Å². The number of amides is 1. The quantitative estimate of drug-likeness (QED) is 0.759. The number of rotatable bonds is 6. The van der Waals surface area contributed by atoms with Crippen molar-refractivity contribution in [3.8, 4) is 0 Å². The zero-order valence-electron chi connectivity index (χ0n) is 17.3. The summed E-state index contributed by atoms with van der Waals surface area (Å²) in [6, 6.07) is 7.87. The number of imidazole rings is 1. The number of piperidine rings is 1. The summed E-state index contributed by atoms with van der Waals surface area (Å²) in [5.74, 6) is 0.561. The van der Waals surface area contributed by atoms with E-state index >= 15 is 0 Å². The van der Waals surface area contributed by atoms with Crippen LogP contribution in [0.5, 0.6) is 0 Å². The molecule has 0 saturated carbocycles. The van der Waals surface area contributed by atoms with Crippen LogP contribution in [0.2, 0.25) is 0 Å². The number of aromatic nitrogens is 2. The molecular formula is C21H29N5O3S. The van der Waals surface area contributed by atoms with E-state index < -0.39 is 10.0 Å². The molecule has 4 rings (SSSR count).